The molecule has 0 bridgehead atoms. The zero-order valence-corrected chi connectivity index (χ0v) is 10.1. The zero-order chi connectivity index (χ0) is 11.3. The maximum absolute atomic E-state index is 6.20. The topological polar surface area (TPSA) is 43.8 Å². The van der Waals surface area contributed by atoms with E-state index in [9.17, 15) is 0 Å². The lowest BCUT2D eigenvalue weighted by molar-refractivity contribution is 0.385. The van der Waals surface area contributed by atoms with Crippen molar-refractivity contribution in [2.45, 2.75) is 52.6 Å². The highest BCUT2D eigenvalue weighted by Gasteiger charge is 2.16. The van der Waals surface area contributed by atoms with Crippen LogP contribution in [0.3, 0.4) is 0 Å². The first kappa shape index (κ1) is 12.2. The van der Waals surface area contributed by atoms with Crippen LogP contribution in [-0.2, 0) is 13.0 Å². The van der Waals surface area contributed by atoms with E-state index < -0.39 is 0 Å². The van der Waals surface area contributed by atoms with Crippen LogP contribution in [0.2, 0.25) is 0 Å². The second-order valence-electron chi connectivity index (χ2n) is 4.07. The highest BCUT2D eigenvalue weighted by atomic mass is 15.1. The third kappa shape index (κ3) is 3.06. The number of hydrogen-bond acceptors (Lipinski definition) is 2. The van der Waals surface area contributed by atoms with Gasteiger partial charge >= 0.3 is 0 Å². The van der Waals surface area contributed by atoms with Crippen molar-refractivity contribution >= 4 is 0 Å². The van der Waals surface area contributed by atoms with Crippen LogP contribution in [0.4, 0.5) is 0 Å². The first-order valence-corrected chi connectivity index (χ1v) is 5.98. The van der Waals surface area contributed by atoms with Gasteiger partial charge in [-0.3, -0.25) is 0 Å². The van der Waals surface area contributed by atoms with Crippen molar-refractivity contribution in [3.05, 3.63) is 18.2 Å². The Morgan fingerprint density at radius 3 is 2.53 bits per heavy atom. The number of hydrogen-bond donors (Lipinski definition) is 1. The molecule has 1 aromatic heterocycles. The molecule has 0 aromatic carbocycles. The molecule has 0 fully saturated rings. The number of aromatic nitrogens is 2. The van der Waals surface area contributed by atoms with Crippen molar-refractivity contribution in [1.29, 1.82) is 0 Å². The fourth-order valence-corrected chi connectivity index (χ4v) is 2.09. The Balaban J connectivity index is 2.60. The Morgan fingerprint density at radius 1 is 1.33 bits per heavy atom. The lowest BCUT2D eigenvalue weighted by Gasteiger charge is -2.21. The first-order chi connectivity index (χ1) is 7.22. The minimum atomic E-state index is 0.243. The first-order valence-electron chi connectivity index (χ1n) is 5.98. The Kier molecular flexibility index (Phi) is 4.82. The summed E-state index contributed by atoms with van der Waals surface area (Å²) in [4.78, 5) is 4.36. The van der Waals surface area contributed by atoms with Crippen LogP contribution in [0.15, 0.2) is 12.4 Å². The fourth-order valence-electron chi connectivity index (χ4n) is 2.09. The molecule has 0 saturated carbocycles. The van der Waals surface area contributed by atoms with Crippen molar-refractivity contribution < 1.29 is 0 Å². The average Bonchev–Trinajstić information content (AvgIpc) is 2.67. The minimum Gasteiger partial charge on any atom is -0.335 e. The van der Waals surface area contributed by atoms with Gasteiger partial charge in [-0.15, -0.1) is 0 Å². The number of rotatable bonds is 6. The van der Waals surface area contributed by atoms with E-state index in [4.69, 9.17) is 5.73 Å². The smallest absolute Gasteiger partial charge is 0.110 e. The summed E-state index contributed by atoms with van der Waals surface area (Å²) in [6.45, 7) is 7.53. The van der Waals surface area contributed by atoms with E-state index >= 15 is 0 Å². The van der Waals surface area contributed by atoms with Gasteiger partial charge in [0.2, 0.25) is 0 Å². The lowest BCUT2D eigenvalue weighted by atomic mass is 9.92. The summed E-state index contributed by atoms with van der Waals surface area (Å²) in [5.41, 5.74) is 6.20. The quantitative estimate of drug-likeness (QED) is 0.780. The molecule has 0 radical (unpaired) electrons. The largest absolute Gasteiger partial charge is 0.335 e. The summed E-state index contributed by atoms with van der Waals surface area (Å²) < 4.78 is 2.17. The molecular formula is C12H23N3. The van der Waals surface area contributed by atoms with Gasteiger partial charge < -0.3 is 10.3 Å². The Bertz CT molecular complexity index is 276. The molecule has 1 rings (SSSR count). The molecule has 1 heterocycles. The van der Waals surface area contributed by atoms with Gasteiger partial charge in [-0.1, -0.05) is 26.7 Å². The molecule has 1 aromatic rings. The van der Waals surface area contributed by atoms with E-state index in [1.807, 2.05) is 12.4 Å². The Labute approximate surface area is 92.7 Å². The van der Waals surface area contributed by atoms with E-state index in [1.165, 1.54) is 0 Å². The van der Waals surface area contributed by atoms with E-state index in [0.29, 0.717) is 5.92 Å². The molecule has 1 unspecified atom stereocenters. The Morgan fingerprint density at radius 2 is 2.00 bits per heavy atom. The van der Waals surface area contributed by atoms with Crippen LogP contribution in [-0.4, -0.2) is 15.6 Å². The van der Waals surface area contributed by atoms with E-state index in [0.717, 1.165) is 31.6 Å². The Hall–Kier alpha value is -0.830. The summed E-state index contributed by atoms with van der Waals surface area (Å²) in [7, 11) is 0. The van der Waals surface area contributed by atoms with Gasteiger partial charge in [0.15, 0.2) is 0 Å². The monoisotopic (exact) mass is 209 g/mol. The molecule has 86 valence electrons. The average molecular weight is 209 g/mol. The molecule has 3 heteroatoms. The van der Waals surface area contributed by atoms with Crippen LogP contribution >= 0.6 is 0 Å². The van der Waals surface area contributed by atoms with Crippen molar-refractivity contribution in [2.24, 2.45) is 11.7 Å². The molecule has 1 atom stereocenters. The van der Waals surface area contributed by atoms with Gasteiger partial charge in [0.1, 0.15) is 5.82 Å². The maximum atomic E-state index is 6.20. The van der Waals surface area contributed by atoms with Crippen molar-refractivity contribution in [3.8, 4) is 0 Å². The highest BCUT2D eigenvalue weighted by molar-refractivity contribution is 4.96. The van der Waals surface area contributed by atoms with E-state index in [-0.39, 0.29) is 6.04 Å². The summed E-state index contributed by atoms with van der Waals surface area (Å²) in [6.07, 6.45) is 7.09. The number of nitrogens with two attached hydrogens (primary N) is 1. The summed E-state index contributed by atoms with van der Waals surface area (Å²) in [5, 5.41) is 0. The zero-order valence-electron chi connectivity index (χ0n) is 10.1. The third-order valence-corrected chi connectivity index (χ3v) is 3.21. The van der Waals surface area contributed by atoms with Gasteiger partial charge in [-0.25, -0.2) is 4.98 Å². The molecule has 0 spiro atoms. The van der Waals surface area contributed by atoms with Crippen LogP contribution in [0.1, 0.15) is 39.4 Å². The lowest BCUT2D eigenvalue weighted by Crippen LogP contribution is -2.32. The second kappa shape index (κ2) is 5.91. The molecule has 3 nitrogen and oxygen atoms in total. The molecule has 0 aliphatic carbocycles. The standard InChI is InChI=1S/C12H23N3/c1-4-10(5-2)11(13)9-12-14-7-8-15(12)6-3/h7-8,10-11H,4-6,9,13H2,1-3H3. The predicted molar refractivity (Wildman–Crippen MR) is 63.7 cm³/mol. The molecular weight excluding hydrogens is 186 g/mol. The van der Waals surface area contributed by atoms with Crippen LogP contribution in [0.5, 0.6) is 0 Å². The van der Waals surface area contributed by atoms with Gasteiger partial charge in [0.25, 0.3) is 0 Å². The van der Waals surface area contributed by atoms with Crippen molar-refractivity contribution in [2.75, 3.05) is 0 Å². The fraction of sp³-hybridized carbons (Fsp3) is 0.750. The van der Waals surface area contributed by atoms with Crippen molar-refractivity contribution in [3.63, 3.8) is 0 Å². The summed E-state index contributed by atoms with van der Waals surface area (Å²) >= 11 is 0. The van der Waals surface area contributed by atoms with E-state index in [1.54, 1.807) is 0 Å². The summed E-state index contributed by atoms with van der Waals surface area (Å²) in [6, 6.07) is 0.243. The van der Waals surface area contributed by atoms with Gasteiger partial charge in [0, 0.05) is 31.4 Å². The number of imidazole rings is 1. The number of aryl methyl sites for hydroxylation is 1. The third-order valence-electron chi connectivity index (χ3n) is 3.21. The molecule has 0 saturated heterocycles. The van der Waals surface area contributed by atoms with Crippen molar-refractivity contribution in [1.82, 2.24) is 9.55 Å². The van der Waals surface area contributed by atoms with Crippen LogP contribution in [0, 0.1) is 5.92 Å². The van der Waals surface area contributed by atoms with Gasteiger partial charge in [-0.05, 0) is 12.8 Å². The maximum Gasteiger partial charge on any atom is 0.110 e. The SMILES string of the molecule is CCC(CC)C(N)Cc1nccn1CC. The van der Waals surface area contributed by atoms with Crippen LogP contribution < -0.4 is 5.73 Å². The van der Waals surface area contributed by atoms with Gasteiger partial charge in [-0.2, -0.15) is 0 Å². The molecule has 0 aliphatic rings. The highest BCUT2D eigenvalue weighted by Crippen LogP contribution is 2.14. The summed E-state index contributed by atoms with van der Waals surface area (Å²) in [5.74, 6) is 1.74. The number of nitrogens with zero attached hydrogens (tertiary/aromatic N) is 2. The predicted octanol–water partition coefficient (Wildman–Crippen LogP) is 2.21. The second-order valence-corrected chi connectivity index (χ2v) is 4.07. The van der Waals surface area contributed by atoms with Crippen LogP contribution in [0.25, 0.3) is 0 Å². The molecule has 0 amide bonds. The minimum absolute atomic E-state index is 0.243. The van der Waals surface area contributed by atoms with E-state index in [2.05, 4.69) is 30.3 Å². The molecule has 15 heavy (non-hydrogen) atoms. The van der Waals surface area contributed by atoms with Gasteiger partial charge in [0.05, 0.1) is 0 Å². The normalized spacial score (nSPS) is 13.4. The molecule has 0 aliphatic heterocycles. The molecule has 2 N–H and O–H groups in total.